The van der Waals surface area contributed by atoms with E-state index in [0.717, 1.165) is 12.8 Å². The Balaban J connectivity index is 2.04. The molecule has 1 heterocycles. The summed E-state index contributed by atoms with van der Waals surface area (Å²) in [4.78, 5) is 7.72. The third kappa shape index (κ3) is 3.49. The molecule has 1 fully saturated rings. The summed E-state index contributed by atoms with van der Waals surface area (Å²) in [5.41, 5.74) is 0.00755. The molecule has 0 aliphatic heterocycles. The van der Waals surface area contributed by atoms with E-state index in [1.807, 2.05) is 0 Å². The number of hydrogen-bond donors (Lipinski definition) is 0. The number of nitrogens with zero attached hydrogens (tertiary/aromatic N) is 2. The van der Waals surface area contributed by atoms with Gasteiger partial charge in [-0.05, 0) is 24.8 Å². The van der Waals surface area contributed by atoms with Gasteiger partial charge in [-0.3, -0.25) is 0 Å². The lowest BCUT2D eigenvalue weighted by Gasteiger charge is -2.06. The fourth-order valence-corrected chi connectivity index (χ4v) is 1.37. The normalized spacial score (nSPS) is 16.7. The van der Waals surface area contributed by atoms with Crippen molar-refractivity contribution in [2.75, 3.05) is 0 Å². The summed E-state index contributed by atoms with van der Waals surface area (Å²) in [5, 5.41) is 0. The molecular weight excluding hydrogens is 205 g/mol. The number of rotatable bonds is 3. The summed E-state index contributed by atoms with van der Waals surface area (Å²) in [6.07, 6.45) is 0.214. The molecule has 0 aromatic carbocycles. The van der Waals surface area contributed by atoms with Gasteiger partial charge in [-0.2, -0.15) is 13.2 Å². The summed E-state index contributed by atoms with van der Waals surface area (Å²) in [6, 6.07) is 1.20. The van der Waals surface area contributed by atoms with E-state index in [1.54, 1.807) is 0 Å². The second-order valence-corrected chi connectivity index (χ2v) is 3.84. The van der Waals surface area contributed by atoms with Crippen molar-refractivity contribution < 1.29 is 13.2 Å². The van der Waals surface area contributed by atoms with Crippen LogP contribution in [-0.4, -0.2) is 16.1 Å². The molecule has 15 heavy (non-hydrogen) atoms. The number of halogens is 3. The first-order valence-corrected chi connectivity index (χ1v) is 4.82. The molecule has 1 aromatic rings. The van der Waals surface area contributed by atoms with Crippen molar-refractivity contribution in [1.82, 2.24) is 9.97 Å². The summed E-state index contributed by atoms with van der Waals surface area (Å²) in [5.74, 6) is 1.05. The van der Waals surface area contributed by atoms with Crippen LogP contribution in [0.3, 0.4) is 0 Å². The average Bonchev–Trinajstić information content (AvgIpc) is 2.85. The molecule has 2 nitrogen and oxygen atoms in total. The monoisotopic (exact) mass is 215 g/mol. The molecule has 0 amide bonds. The highest BCUT2D eigenvalue weighted by Crippen LogP contribution is 2.31. The lowest BCUT2D eigenvalue weighted by Crippen LogP contribution is -2.13. The van der Waals surface area contributed by atoms with Gasteiger partial charge < -0.3 is 0 Å². The number of hydrogen-bond acceptors (Lipinski definition) is 2. The molecule has 1 aliphatic carbocycles. The van der Waals surface area contributed by atoms with Gasteiger partial charge in [0.15, 0.2) is 0 Å². The Morgan fingerprint density at radius 1 is 1.40 bits per heavy atom. The van der Waals surface area contributed by atoms with E-state index in [2.05, 4.69) is 16.2 Å². The van der Waals surface area contributed by atoms with Gasteiger partial charge in [0.2, 0.25) is 0 Å². The summed E-state index contributed by atoms with van der Waals surface area (Å²) in [7, 11) is 0. The molecule has 0 bridgehead atoms. The maximum absolute atomic E-state index is 12.1. The second kappa shape index (κ2) is 3.79. The zero-order valence-corrected chi connectivity index (χ0v) is 8.01. The molecule has 0 unspecified atom stereocenters. The Bertz CT molecular complexity index is 345. The van der Waals surface area contributed by atoms with Crippen LogP contribution in [0.5, 0.6) is 0 Å². The van der Waals surface area contributed by atoms with Crippen molar-refractivity contribution in [3.63, 3.8) is 0 Å². The van der Waals surface area contributed by atoms with E-state index in [1.165, 1.54) is 6.07 Å². The van der Waals surface area contributed by atoms with Crippen LogP contribution in [0.25, 0.3) is 0 Å². The van der Waals surface area contributed by atoms with Crippen molar-refractivity contribution in [3.05, 3.63) is 23.8 Å². The molecule has 0 saturated heterocycles. The minimum absolute atomic E-state index is 0.00755. The topological polar surface area (TPSA) is 25.8 Å². The van der Waals surface area contributed by atoms with Crippen molar-refractivity contribution >= 4 is 0 Å². The van der Waals surface area contributed by atoms with E-state index in [4.69, 9.17) is 0 Å². The van der Waals surface area contributed by atoms with Crippen LogP contribution in [0.1, 0.15) is 24.4 Å². The lowest BCUT2D eigenvalue weighted by atomic mass is 10.2. The van der Waals surface area contributed by atoms with Crippen LogP contribution in [0, 0.1) is 12.1 Å². The van der Waals surface area contributed by atoms with Gasteiger partial charge in [-0.25, -0.2) is 9.97 Å². The molecule has 1 aromatic heterocycles. The number of alkyl halides is 3. The fourth-order valence-electron chi connectivity index (χ4n) is 1.37. The average molecular weight is 215 g/mol. The number of aromatic nitrogens is 2. The smallest absolute Gasteiger partial charge is 0.238 e. The summed E-state index contributed by atoms with van der Waals surface area (Å²) >= 11 is 0. The van der Waals surface area contributed by atoms with E-state index in [-0.39, 0.29) is 5.69 Å². The zero-order chi connectivity index (χ0) is 10.9. The fraction of sp³-hybridized carbons (Fsp3) is 0.600. The second-order valence-electron chi connectivity index (χ2n) is 3.84. The molecule has 1 saturated carbocycles. The maximum Gasteiger partial charge on any atom is 0.394 e. The van der Waals surface area contributed by atoms with Gasteiger partial charge in [0.1, 0.15) is 5.82 Å². The van der Waals surface area contributed by atoms with Crippen molar-refractivity contribution in [1.29, 1.82) is 0 Å². The van der Waals surface area contributed by atoms with Gasteiger partial charge in [-0.1, -0.05) is 0 Å². The first-order valence-electron chi connectivity index (χ1n) is 4.82. The summed E-state index contributed by atoms with van der Waals surface area (Å²) < 4.78 is 36.2. The van der Waals surface area contributed by atoms with E-state index in [9.17, 15) is 13.2 Å². The minimum Gasteiger partial charge on any atom is -0.238 e. The molecule has 0 atom stereocenters. The van der Waals surface area contributed by atoms with Gasteiger partial charge in [-0.15, -0.1) is 0 Å². The molecule has 81 valence electrons. The van der Waals surface area contributed by atoms with E-state index >= 15 is 0 Å². The van der Waals surface area contributed by atoms with Crippen molar-refractivity contribution in [2.45, 2.75) is 31.9 Å². The highest BCUT2D eigenvalue weighted by molar-refractivity contribution is 5.04. The SMILES string of the molecule is FC(F)(F)Cc1c[c]nc(CC2CC2)n1. The predicted molar refractivity (Wildman–Crippen MR) is 47.1 cm³/mol. The van der Waals surface area contributed by atoms with Crippen LogP contribution < -0.4 is 0 Å². The first kappa shape index (κ1) is 10.4. The van der Waals surface area contributed by atoms with Crippen molar-refractivity contribution in [3.8, 4) is 0 Å². The highest BCUT2D eigenvalue weighted by atomic mass is 19.4. The van der Waals surface area contributed by atoms with E-state index < -0.39 is 12.6 Å². The molecule has 1 radical (unpaired) electrons. The lowest BCUT2D eigenvalue weighted by molar-refractivity contribution is -0.127. The van der Waals surface area contributed by atoms with Crippen LogP contribution in [0.2, 0.25) is 0 Å². The standard InChI is InChI=1S/C10H10F3N2/c11-10(12,13)6-8-3-4-14-9(15-8)5-7-1-2-7/h3,7H,1-2,5-6H2. The van der Waals surface area contributed by atoms with Crippen LogP contribution >= 0.6 is 0 Å². The molecule has 0 N–H and O–H groups in total. The molecule has 0 spiro atoms. The molecule has 5 heteroatoms. The van der Waals surface area contributed by atoms with Gasteiger partial charge >= 0.3 is 6.18 Å². The Hall–Kier alpha value is -1.13. The quantitative estimate of drug-likeness (QED) is 0.773. The van der Waals surface area contributed by atoms with Crippen LogP contribution in [0.4, 0.5) is 13.2 Å². The zero-order valence-electron chi connectivity index (χ0n) is 8.01. The first-order chi connectivity index (χ1) is 7.03. The Morgan fingerprint density at radius 2 is 2.13 bits per heavy atom. The van der Waals surface area contributed by atoms with Crippen LogP contribution in [-0.2, 0) is 12.8 Å². The molecular formula is C10H10F3N2. The van der Waals surface area contributed by atoms with Gasteiger partial charge in [0.25, 0.3) is 0 Å². The van der Waals surface area contributed by atoms with Gasteiger partial charge in [0, 0.05) is 6.42 Å². The minimum atomic E-state index is -4.21. The third-order valence-electron chi connectivity index (χ3n) is 2.25. The molecule has 1 aliphatic rings. The van der Waals surface area contributed by atoms with Crippen LogP contribution in [0.15, 0.2) is 6.07 Å². The Labute approximate surface area is 85.6 Å². The highest BCUT2D eigenvalue weighted by Gasteiger charge is 2.29. The predicted octanol–water partition coefficient (Wildman–Crippen LogP) is 2.33. The van der Waals surface area contributed by atoms with E-state index in [0.29, 0.717) is 18.2 Å². The molecule has 2 rings (SSSR count). The summed E-state index contributed by atoms with van der Waals surface area (Å²) in [6.45, 7) is 0. The van der Waals surface area contributed by atoms with Crippen molar-refractivity contribution in [2.24, 2.45) is 5.92 Å². The Kier molecular flexibility index (Phi) is 2.63. The third-order valence-corrected chi connectivity index (χ3v) is 2.25. The maximum atomic E-state index is 12.1. The van der Waals surface area contributed by atoms with Gasteiger partial charge in [0.05, 0.1) is 18.3 Å². The largest absolute Gasteiger partial charge is 0.394 e. The Morgan fingerprint density at radius 3 is 2.73 bits per heavy atom.